The summed E-state index contributed by atoms with van der Waals surface area (Å²) in [5, 5.41) is 12.3. The zero-order valence-corrected chi connectivity index (χ0v) is 20.3. The van der Waals surface area contributed by atoms with Crippen LogP contribution in [-0.2, 0) is 12.7 Å². The maximum Gasteiger partial charge on any atom is 0.416 e. The first-order chi connectivity index (χ1) is 17.2. The van der Waals surface area contributed by atoms with Crippen LogP contribution in [0, 0.1) is 6.92 Å². The summed E-state index contributed by atoms with van der Waals surface area (Å²) >= 11 is 6.01. The fourth-order valence-electron chi connectivity index (χ4n) is 4.84. The lowest BCUT2D eigenvalue weighted by Crippen LogP contribution is -2.43. The third kappa shape index (κ3) is 4.86. The third-order valence-corrected chi connectivity index (χ3v) is 6.96. The first-order valence-corrected chi connectivity index (χ1v) is 12.1. The fourth-order valence-corrected chi connectivity index (χ4v) is 4.96. The smallest absolute Gasteiger partial charge is 0.416 e. The molecule has 1 N–H and O–H groups in total. The number of carbonyl (C=O) groups excluding carboxylic acids is 1. The van der Waals surface area contributed by atoms with Crippen LogP contribution in [0.3, 0.4) is 0 Å². The Morgan fingerprint density at radius 3 is 2.69 bits per heavy atom. The van der Waals surface area contributed by atoms with Crippen LogP contribution < -0.4 is 10.1 Å². The van der Waals surface area contributed by atoms with Crippen LogP contribution in [0.25, 0.3) is 0 Å². The minimum absolute atomic E-state index is 0.151. The Balaban J connectivity index is 1.34. The molecule has 0 saturated carbocycles. The minimum atomic E-state index is -4.46. The van der Waals surface area contributed by atoms with Crippen LogP contribution >= 0.6 is 11.6 Å². The number of alkyl halides is 3. The van der Waals surface area contributed by atoms with Crippen LogP contribution in [0.5, 0.6) is 5.75 Å². The van der Waals surface area contributed by atoms with E-state index < -0.39 is 17.8 Å². The summed E-state index contributed by atoms with van der Waals surface area (Å²) in [5.74, 6) is 1.60. The molecule has 0 spiro atoms. The van der Waals surface area contributed by atoms with Crippen LogP contribution in [0.1, 0.15) is 59.7 Å². The van der Waals surface area contributed by atoms with Gasteiger partial charge in [0.15, 0.2) is 5.82 Å². The van der Waals surface area contributed by atoms with Crippen molar-refractivity contribution in [2.45, 2.75) is 51.0 Å². The van der Waals surface area contributed by atoms with Gasteiger partial charge >= 0.3 is 12.2 Å². The van der Waals surface area contributed by atoms with E-state index in [0.29, 0.717) is 35.9 Å². The number of amides is 2. The number of likely N-dealkylation sites (tertiary alicyclic amines) is 1. The second kappa shape index (κ2) is 9.65. The molecular formula is C25H25ClF3N5O2. The molecule has 3 heterocycles. The van der Waals surface area contributed by atoms with E-state index in [9.17, 15) is 18.0 Å². The molecular weight excluding hydrogens is 495 g/mol. The van der Waals surface area contributed by atoms with E-state index in [-0.39, 0.29) is 24.4 Å². The number of ether oxygens (including phenoxy) is 1. The van der Waals surface area contributed by atoms with E-state index in [1.807, 2.05) is 35.8 Å². The van der Waals surface area contributed by atoms with E-state index in [4.69, 9.17) is 16.3 Å². The summed E-state index contributed by atoms with van der Waals surface area (Å²) in [5.41, 5.74) is 0.804. The molecule has 7 nitrogen and oxygen atoms in total. The van der Waals surface area contributed by atoms with Gasteiger partial charge in [-0.05, 0) is 49.6 Å². The third-order valence-electron chi connectivity index (χ3n) is 6.71. The van der Waals surface area contributed by atoms with Gasteiger partial charge in [-0.2, -0.15) is 13.2 Å². The van der Waals surface area contributed by atoms with Crippen LogP contribution in [0.15, 0.2) is 42.5 Å². The Morgan fingerprint density at radius 2 is 1.94 bits per heavy atom. The summed E-state index contributed by atoms with van der Waals surface area (Å²) < 4.78 is 46.8. The molecule has 0 bridgehead atoms. The van der Waals surface area contributed by atoms with Gasteiger partial charge in [-0.25, -0.2) is 4.79 Å². The predicted octanol–water partition coefficient (Wildman–Crippen LogP) is 5.68. The quantitative estimate of drug-likeness (QED) is 0.481. The van der Waals surface area contributed by atoms with Crippen molar-refractivity contribution in [1.29, 1.82) is 0 Å². The van der Waals surface area contributed by atoms with Crippen molar-refractivity contribution in [3.63, 3.8) is 0 Å². The molecule has 1 aromatic heterocycles. The second-order valence-corrected chi connectivity index (χ2v) is 9.50. The standard InChI is InChI=1S/C25H25ClF3N5O2/c1-15-31-32-23(34(15)14-16-4-7-18(26)8-5-16)21-3-2-11-33(21)24(35)30-20-10-12-36-22-13-17(25(27,28)29)6-9-19(20)22/h4-9,13,20-21H,2-3,10-12,14H2,1H3,(H,30,35)/t20-,21+/m0/s1. The molecule has 0 radical (unpaired) electrons. The topological polar surface area (TPSA) is 72.3 Å². The highest BCUT2D eigenvalue weighted by atomic mass is 35.5. The molecule has 5 rings (SSSR count). The van der Waals surface area contributed by atoms with E-state index in [2.05, 4.69) is 15.5 Å². The first-order valence-electron chi connectivity index (χ1n) is 11.8. The van der Waals surface area contributed by atoms with Gasteiger partial charge in [0.2, 0.25) is 0 Å². The number of carbonyl (C=O) groups is 1. The molecule has 0 unspecified atom stereocenters. The number of rotatable bonds is 4. The highest BCUT2D eigenvalue weighted by Crippen LogP contribution is 2.39. The molecule has 3 aromatic rings. The zero-order chi connectivity index (χ0) is 25.4. The Labute approximate surface area is 211 Å². The number of benzene rings is 2. The SMILES string of the molecule is Cc1nnc([C@H]2CCCN2C(=O)N[C@H]2CCOc3cc(C(F)(F)F)ccc32)n1Cc1ccc(Cl)cc1. The summed E-state index contributed by atoms with van der Waals surface area (Å²) in [7, 11) is 0. The van der Waals surface area contributed by atoms with E-state index in [0.717, 1.165) is 36.4 Å². The largest absolute Gasteiger partial charge is 0.493 e. The lowest BCUT2D eigenvalue weighted by Gasteiger charge is -2.31. The molecule has 2 aromatic carbocycles. The Bertz CT molecular complexity index is 1260. The molecule has 0 aliphatic carbocycles. The van der Waals surface area contributed by atoms with Gasteiger partial charge in [-0.3, -0.25) is 0 Å². The van der Waals surface area contributed by atoms with Crippen molar-refractivity contribution in [2.75, 3.05) is 13.2 Å². The predicted molar refractivity (Wildman–Crippen MR) is 127 cm³/mol. The Morgan fingerprint density at radius 1 is 1.17 bits per heavy atom. The van der Waals surface area contributed by atoms with Crippen LogP contribution in [-0.4, -0.2) is 38.8 Å². The van der Waals surface area contributed by atoms with Gasteiger partial charge in [0.1, 0.15) is 11.6 Å². The molecule has 1 fully saturated rings. The number of aromatic nitrogens is 3. The molecule has 2 amide bonds. The number of aryl methyl sites for hydroxylation is 1. The minimum Gasteiger partial charge on any atom is -0.493 e. The number of urea groups is 1. The monoisotopic (exact) mass is 519 g/mol. The van der Waals surface area contributed by atoms with Crippen molar-refractivity contribution < 1.29 is 22.7 Å². The van der Waals surface area contributed by atoms with Crippen molar-refractivity contribution in [1.82, 2.24) is 25.0 Å². The van der Waals surface area contributed by atoms with E-state index in [1.165, 1.54) is 6.07 Å². The lowest BCUT2D eigenvalue weighted by atomic mass is 9.98. The van der Waals surface area contributed by atoms with Crippen LogP contribution in [0.2, 0.25) is 5.02 Å². The number of halogens is 4. The number of hydrogen-bond donors (Lipinski definition) is 1. The number of fused-ring (bicyclic) bond motifs is 1. The van der Waals surface area contributed by atoms with Crippen molar-refractivity contribution in [3.05, 3.63) is 75.8 Å². The average Bonchev–Trinajstić information content (AvgIpc) is 3.47. The summed E-state index contributed by atoms with van der Waals surface area (Å²) in [6, 6.07) is 9.95. The van der Waals surface area contributed by atoms with Gasteiger partial charge < -0.3 is 19.5 Å². The molecule has 36 heavy (non-hydrogen) atoms. The van der Waals surface area contributed by atoms with Crippen LogP contribution in [0.4, 0.5) is 18.0 Å². The second-order valence-electron chi connectivity index (χ2n) is 9.06. The number of nitrogens with one attached hydrogen (secondary N) is 1. The molecule has 1 saturated heterocycles. The molecule has 2 atom stereocenters. The molecule has 2 aliphatic heterocycles. The number of nitrogens with zero attached hydrogens (tertiary/aromatic N) is 4. The van der Waals surface area contributed by atoms with Gasteiger partial charge in [-0.1, -0.05) is 29.8 Å². The highest BCUT2D eigenvalue weighted by Gasteiger charge is 2.37. The number of hydrogen-bond acceptors (Lipinski definition) is 4. The van der Waals surface area contributed by atoms with Gasteiger partial charge in [0, 0.05) is 23.6 Å². The Kier molecular flexibility index (Phi) is 6.55. The van der Waals surface area contributed by atoms with Gasteiger partial charge in [0.25, 0.3) is 0 Å². The normalized spacial score (nSPS) is 19.6. The molecule has 190 valence electrons. The molecule has 11 heteroatoms. The van der Waals surface area contributed by atoms with Gasteiger partial charge in [0.05, 0.1) is 30.8 Å². The Hall–Kier alpha value is -3.27. The maximum atomic E-state index is 13.4. The lowest BCUT2D eigenvalue weighted by molar-refractivity contribution is -0.137. The van der Waals surface area contributed by atoms with Crippen molar-refractivity contribution >= 4 is 17.6 Å². The van der Waals surface area contributed by atoms with Gasteiger partial charge in [-0.15, -0.1) is 10.2 Å². The summed E-state index contributed by atoms with van der Waals surface area (Å²) in [6.45, 7) is 3.19. The van der Waals surface area contributed by atoms with E-state index in [1.54, 1.807) is 4.90 Å². The zero-order valence-electron chi connectivity index (χ0n) is 19.6. The summed E-state index contributed by atoms with van der Waals surface area (Å²) in [6.07, 6.45) is -2.44. The summed E-state index contributed by atoms with van der Waals surface area (Å²) in [4.78, 5) is 15.1. The fraction of sp³-hybridized carbons (Fsp3) is 0.400. The molecule has 2 aliphatic rings. The first kappa shape index (κ1) is 24.4. The van der Waals surface area contributed by atoms with Crippen molar-refractivity contribution in [2.24, 2.45) is 0 Å². The highest BCUT2D eigenvalue weighted by molar-refractivity contribution is 6.30. The average molecular weight is 520 g/mol. The van der Waals surface area contributed by atoms with E-state index >= 15 is 0 Å². The maximum absolute atomic E-state index is 13.4. The van der Waals surface area contributed by atoms with Crippen molar-refractivity contribution in [3.8, 4) is 5.75 Å².